The largest absolute Gasteiger partial charge is 0.469 e. The maximum absolute atomic E-state index is 11.5. The average molecular weight is 237 g/mol. The van der Waals surface area contributed by atoms with Gasteiger partial charge in [-0.15, -0.1) is 0 Å². The molecule has 1 unspecified atom stereocenters. The van der Waals surface area contributed by atoms with Crippen LogP contribution in [0.1, 0.15) is 19.8 Å². The molecule has 0 amide bonds. The minimum Gasteiger partial charge on any atom is -0.469 e. The maximum atomic E-state index is 11.5. The number of sulfone groups is 1. The molecule has 15 heavy (non-hydrogen) atoms. The lowest BCUT2D eigenvalue weighted by atomic mass is 10.3. The van der Waals surface area contributed by atoms with Gasteiger partial charge in [-0.2, -0.15) is 0 Å². The van der Waals surface area contributed by atoms with Gasteiger partial charge < -0.3 is 10.1 Å². The molecule has 0 bridgehead atoms. The predicted molar refractivity (Wildman–Crippen MR) is 58.4 cm³/mol. The van der Waals surface area contributed by atoms with Gasteiger partial charge in [-0.3, -0.25) is 4.79 Å². The van der Waals surface area contributed by atoms with Crippen LogP contribution in [0.2, 0.25) is 0 Å². The smallest absolute Gasteiger partial charge is 0.306 e. The third-order valence-electron chi connectivity index (χ3n) is 2.20. The molecule has 0 aliphatic rings. The number of methoxy groups -OCH3 is 1. The highest BCUT2D eigenvalue weighted by atomic mass is 32.2. The number of rotatable bonds is 7. The first-order valence-electron chi connectivity index (χ1n) is 4.89. The molecule has 0 saturated carbocycles. The number of hydrogen-bond donors (Lipinski definition) is 1. The summed E-state index contributed by atoms with van der Waals surface area (Å²) in [7, 11) is -0.200. The Morgan fingerprint density at radius 3 is 2.47 bits per heavy atom. The van der Waals surface area contributed by atoms with Crippen molar-refractivity contribution >= 4 is 15.8 Å². The Morgan fingerprint density at radius 2 is 2.07 bits per heavy atom. The zero-order valence-electron chi connectivity index (χ0n) is 9.45. The lowest BCUT2D eigenvalue weighted by Gasteiger charge is -2.13. The van der Waals surface area contributed by atoms with E-state index in [-0.39, 0.29) is 24.0 Å². The topological polar surface area (TPSA) is 72.5 Å². The Kier molecular flexibility index (Phi) is 6.51. The molecule has 0 radical (unpaired) electrons. The van der Waals surface area contributed by atoms with Crippen LogP contribution in [-0.4, -0.2) is 46.1 Å². The summed E-state index contributed by atoms with van der Waals surface area (Å²) in [6.45, 7) is 1.91. The summed E-state index contributed by atoms with van der Waals surface area (Å²) in [5.41, 5.74) is 0. The van der Waals surface area contributed by atoms with Gasteiger partial charge in [0, 0.05) is 6.04 Å². The van der Waals surface area contributed by atoms with Crippen molar-refractivity contribution < 1.29 is 17.9 Å². The van der Waals surface area contributed by atoms with Crippen LogP contribution in [0.4, 0.5) is 0 Å². The van der Waals surface area contributed by atoms with E-state index >= 15 is 0 Å². The Bertz CT molecular complexity index is 282. The highest BCUT2D eigenvalue weighted by Gasteiger charge is 2.18. The van der Waals surface area contributed by atoms with Gasteiger partial charge in [-0.25, -0.2) is 8.42 Å². The van der Waals surface area contributed by atoms with E-state index in [1.54, 1.807) is 7.05 Å². The number of hydrogen-bond acceptors (Lipinski definition) is 5. The van der Waals surface area contributed by atoms with Gasteiger partial charge in [0.1, 0.15) is 0 Å². The predicted octanol–water partition coefficient (Wildman–Crippen LogP) is -0.0377. The molecule has 90 valence electrons. The van der Waals surface area contributed by atoms with Crippen LogP contribution in [0.3, 0.4) is 0 Å². The van der Waals surface area contributed by atoms with E-state index in [0.29, 0.717) is 0 Å². The minimum atomic E-state index is -3.17. The monoisotopic (exact) mass is 237 g/mol. The summed E-state index contributed by atoms with van der Waals surface area (Å²) in [5, 5.41) is 2.91. The first-order chi connectivity index (χ1) is 6.95. The second-order valence-corrected chi connectivity index (χ2v) is 5.56. The molecule has 0 saturated heterocycles. The van der Waals surface area contributed by atoms with Crippen LogP contribution >= 0.6 is 0 Å². The summed E-state index contributed by atoms with van der Waals surface area (Å²) < 4.78 is 27.4. The van der Waals surface area contributed by atoms with Crippen molar-refractivity contribution in [2.75, 3.05) is 25.7 Å². The van der Waals surface area contributed by atoms with E-state index in [4.69, 9.17) is 0 Å². The van der Waals surface area contributed by atoms with Crippen molar-refractivity contribution in [3.05, 3.63) is 0 Å². The van der Waals surface area contributed by atoms with Crippen molar-refractivity contribution in [2.45, 2.75) is 25.8 Å². The lowest BCUT2D eigenvalue weighted by Crippen LogP contribution is -2.33. The molecule has 0 aromatic heterocycles. The fraction of sp³-hybridized carbons (Fsp3) is 0.889. The summed E-state index contributed by atoms with van der Waals surface area (Å²) in [6, 6.07) is -0.0485. The SMILES string of the molecule is CCC(CS(=O)(=O)CCC(=O)OC)NC. The van der Waals surface area contributed by atoms with E-state index in [2.05, 4.69) is 10.1 Å². The first kappa shape index (κ1) is 14.4. The molecule has 0 aliphatic carbocycles. The van der Waals surface area contributed by atoms with Gasteiger partial charge in [0.25, 0.3) is 0 Å². The van der Waals surface area contributed by atoms with E-state index < -0.39 is 15.8 Å². The second kappa shape index (κ2) is 6.79. The van der Waals surface area contributed by atoms with Gasteiger partial charge in [-0.1, -0.05) is 6.92 Å². The molecule has 0 aliphatic heterocycles. The van der Waals surface area contributed by atoms with Crippen molar-refractivity contribution in [2.24, 2.45) is 0 Å². The molecule has 1 atom stereocenters. The molecular formula is C9H19NO4S. The van der Waals surface area contributed by atoms with Crippen LogP contribution in [0.25, 0.3) is 0 Å². The minimum absolute atomic E-state index is 0.0485. The highest BCUT2D eigenvalue weighted by molar-refractivity contribution is 7.91. The van der Waals surface area contributed by atoms with Crippen molar-refractivity contribution in [1.82, 2.24) is 5.32 Å². The Labute approximate surface area is 91.1 Å². The maximum Gasteiger partial charge on any atom is 0.306 e. The molecule has 1 N–H and O–H groups in total. The summed E-state index contributed by atoms with van der Waals surface area (Å²) in [5.74, 6) is -0.564. The normalized spacial score (nSPS) is 13.5. The molecule has 0 aromatic rings. The molecule has 0 fully saturated rings. The number of nitrogens with one attached hydrogen (secondary N) is 1. The number of carbonyl (C=O) groups excluding carboxylic acids is 1. The van der Waals surface area contributed by atoms with Gasteiger partial charge in [0.2, 0.25) is 0 Å². The molecule has 0 aromatic carbocycles. The van der Waals surface area contributed by atoms with Gasteiger partial charge in [0.05, 0.1) is 25.0 Å². The van der Waals surface area contributed by atoms with E-state index in [1.165, 1.54) is 7.11 Å². The third-order valence-corrected chi connectivity index (χ3v) is 3.94. The fourth-order valence-corrected chi connectivity index (χ4v) is 2.80. The highest BCUT2D eigenvalue weighted by Crippen LogP contribution is 2.01. The van der Waals surface area contributed by atoms with Gasteiger partial charge in [0.15, 0.2) is 9.84 Å². The molecule has 6 heteroatoms. The Hall–Kier alpha value is -0.620. The van der Waals surface area contributed by atoms with Crippen molar-refractivity contribution in [1.29, 1.82) is 0 Å². The molecule has 5 nitrogen and oxygen atoms in total. The number of ether oxygens (including phenoxy) is 1. The van der Waals surface area contributed by atoms with E-state index in [9.17, 15) is 13.2 Å². The van der Waals surface area contributed by atoms with Crippen LogP contribution < -0.4 is 5.32 Å². The van der Waals surface area contributed by atoms with Gasteiger partial charge in [-0.05, 0) is 13.5 Å². The number of carbonyl (C=O) groups is 1. The third kappa shape index (κ3) is 6.46. The molecule has 0 rings (SSSR count). The van der Waals surface area contributed by atoms with Crippen LogP contribution in [0.15, 0.2) is 0 Å². The second-order valence-electron chi connectivity index (χ2n) is 3.33. The standard InChI is InChI=1S/C9H19NO4S/c1-4-8(10-2)7-15(12,13)6-5-9(11)14-3/h8,10H,4-7H2,1-3H3. The van der Waals surface area contributed by atoms with Crippen LogP contribution in [0, 0.1) is 0 Å². The quantitative estimate of drug-likeness (QED) is 0.629. The van der Waals surface area contributed by atoms with Crippen molar-refractivity contribution in [3.8, 4) is 0 Å². The molecule has 0 heterocycles. The zero-order valence-corrected chi connectivity index (χ0v) is 10.3. The molecule has 0 spiro atoms. The summed E-state index contributed by atoms with van der Waals surface area (Å²) >= 11 is 0. The van der Waals surface area contributed by atoms with Crippen LogP contribution in [0.5, 0.6) is 0 Å². The lowest BCUT2D eigenvalue weighted by molar-refractivity contribution is -0.140. The summed E-state index contributed by atoms with van der Waals surface area (Å²) in [6.07, 6.45) is 0.674. The van der Waals surface area contributed by atoms with Crippen LogP contribution in [-0.2, 0) is 19.4 Å². The zero-order chi connectivity index (χ0) is 11.9. The average Bonchev–Trinajstić information content (AvgIpc) is 2.22. The molecular weight excluding hydrogens is 218 g/mol. The fourth-order valence-electron chi connectivity index (χ4n) is 1.14. The Morgan fingerprint density at radius 1 is 1.47 bits per heavy atom. The van der Waals surface area contributed by atoms with Gasteiger partial charge >= 0.3 is 5.97 Å². The van der Waals surface area contributed by atoms with E-state index in [0.717, 1.165) is 6.42 Å². The summed E-state index contributed by atoms with van der Waals surface area (Å²) in [4.78, 5) is 10.8. The number of esters is 1. The van der Waals surface area contributed by atoms with Crippen molar-refractivity contribution in [3.63, 3.8) is 0 Å². The van der Waals surface area contributed by atoms with E-state index in [1.807, 2.05) is 6.92 Å². The first-order valence-corrected chi connectivity index (χ1v) is 6.71. The Balaban J connectivity index is 4.13.